The second-order valence-corrected chi connectivity index (χ2v) is 8.23. The second kappa shape index (κ2) is 10.1. The molecule has 0 bridgehead atoms. The number of anilines is 1. The fourth-order valence-corrected chi connectivity index (χ4v) is 3.31. The lowest BCUT2D eigenvalue weighted by Gasteiger charge is -2.38. The van der Waals surface area contributed by atoms with E-state index in [-0.39, 0.29) is 11.4 Å². The van der Waals surface area contributed by atoms with Crippen LogP contribution < -0.4 is 4.90 Å². The van der Waals surface area contributed by atoms with Gasteiger partial charge in [0.25, 0.3) is 0 Å². The lowest BCUT2D eigenvalue weighted by Crippen LogP contribution is -2.43. The third-order valence-corrected chi connectivity index (χ3v) is 5.34. The Balaban J connectivity index is 0.000000273. The molecule has 0 saturated carbocycles. The Hall–Kier alpha value is -1.54. The molecule has 0 amide bonds. The number of aromatic nitrogens is 2. The van der Waals surface area contributed by atoms with E-state index in [1.807, 2.05) is 26.0 Å². The van der Waals surface area contributed by atoms with E-state index in [0.29, 0.717) is 11.1 Å². The fourth-order valence-electron chi connectivity index (χ4n) is 2.68. The molecule has 0 unspecified atom stereocenters. The number of hydrogen-bond donors (Lipinski definition) is 0. The van der Waals surface area contributed by atoms with E-state index in [4.69, 9.17) is 4.74 Å². The van der Waals surface area contributed by atoms with Gasteiger partial charge in [-0.1, -0.05) is 31.9 Å². The summed E-state index contributed by atoms with van der Waals surface area (Å²) >= 11 is 6.54. The molecule has 3 rings (SSSR count). The van der Waals surface area contributed by atoms with E-state index in [1.165, 1.54) is 12.3 Å². The van der Waals surface area contributed by atoms with Gasteiger partial charge in [-0.05, 0) is 44.9 Å². The minimum absolute atomic E-state index is 0.0724. The van der Waals surface area contributed by atoms with Crippen molar-refractivity contribution in [3.8, 4) is 0 Å². The summed E-state index contributed by atoms with van der Waals surface area (Å²) < 4.78 is 18.9. The first-order valence-electron chi connectivity index (χ1n) is 8.65. The molecule has 2 aromatic rings. The van der Waals surface area contributed by atoms with Crippen molar-refractivity contribution in [1.82, 2.24) is 9.97 Å². The first kappa shape index (κ1) is 21.8. The van der Waals surface area contributed by atoms with Gasteiger partial charge < -0.3 is 9.64 Å². The lowest BCUT2D eigenvalue weighted by molar-refractivity contribution is -0.155. The first-order chi connectivity index (χ1) is 12.8. The molecule has 0 N–H and O–H groups in total. The third-order valence-electron chi connectivity index (χ3n) is 4.36. The van der Waals surface area contributed by atoms with Crippen LogP contribution in [0.15, 0.2) is 45.6 Å². The molecule has 8 heteroatoms. The number of halogens is 3. The van der Waals surface area contributed by atoms with Crippen LogP contribution in [-0.4, -0.2) is 35.6 Å². The summed E-state index contributed by atoms with van der Waals surface area (Å²) in [5.74, 6) is 0.427. The van der Waals surface area contributed by atoms with Gasteiger partial charge in [0, 0.05) is 40.5 Å². The zero-order valence-corrected chi connectivity index (χ0v) is 18.5. The molecule has 1 fully saturated rings. The monoisotopic (exact) mass is 501 g/mol. The summed E-state index contributed by atoms with van der Waals surface area (Å²) in [6.07, 6.45) is 4.80. The normalized spacial score (nSPS) is 15.5. The Morgan fingerprint density at radius 3 is 2.26 bits per heavy atom. The van der Waals surface area contributed by atoms with Crippen LogP contribution in [0.5, 0.6) is 0 Å². The standard InChI is InChI=1S/C14H19BrN2O2.C5H3BrFN/c1-3-19-13(18)14(2)5-8-17(9-6-14)12-10-11(15)4-7-16-12;6-4-1-2-8-5(7)3-4/h4,7,10H,3,5-6,8-9H2,1-2H3;1-3H. The van der Waals surface area contributed by atoms with Gasteiger partial charge >= 0.3 is 5.97 Å². The Morgan fingerprint density at radius 2 is 1.78 bits per heavy atom. The number of nitrogens with zero attached hydrogens (tertiary/aromatic N) is 3. The molecule has 146 valence electrons. The van der Waals surface area contributed by atoms with Crippen molar-refractivity contribution >= 4 is 43.6 Å². The fraction of sp³-hybridized carbons (Fsp3) is 0.421. The maximum Gasteiger partial charge on any atom is 0.311 e. The maximum absolute atomic E-state index is 12.0. The van der Waals surface area contributed by atoms with Gasteiger partial charge in [0.15, 0.2) is 0 Å². The second-order valence-electron chi connectivity index (χ2n) is 6.40. The van der Waals surface area contributed by atoms with Crippen LogP contribution in [0, 0.1) is 11.4 Å². The highest BCUT2D eigenvalue weighted by atomic mass is 79.9. The molecular weight excluding hydrogens is 481 g/mol. The third kappa shape index (κ3) is 6.53. The summed E-state index contributed by atoms with van der Waals surface area (Å²) in [5, 5.41) is 0. The quantitative estimate of drug-likeness (QED) is 0.436. The lowest BCUT2D eigenvalue weighted by atomic mass is 9.80. The highest BCUT2D eigenvalue weighted by Crippen LogP contribution is 2.34. The summed E-state index contributed by atoms with van der Waals surface area (Å²) in [6.45, 7) is 5.96. The molecule has 0 radical (unpaired) electrons. The maximum atomic E-state index is 12.0. The predicted octanol–water partition coefficient (Wildman–Crippen LogP) is 5.00. The molecule has 0 atom stereocenters. The van der Waals surface area contributed by atoms with Crippen LogP contribution >= 0.6 is 31.9 Å². The van der Waals surface area contributed by atoms with E-state index >= 15 is 0 Å². The minimum Gasteiger partial charge on any atom is -0.466 e. The molecule has 27 heavy (non-hydrogen) atoms. The number of hydrogen-bond acceptors (Lipinski definition) is 5. The van der Waals surface area contributed by atoms with Crippen molar-refractivity contribution in [3.63, 3.8) is 0 Å². The van der Waals surface area contributed by atoms with Crippen LogP contribution in [0.4, 0.5) is 10.2 Å². The number of piperidine rings is 1. The van der Waals surface area contributed by atoms with Crippen molar-refractivity contribution in [2.75, 3.05) is 24.6 Å². The van der Waals surface area contributed by atoms with Gasteiger partial charge in [0.05, 0.1) is 12.0 Å². The molecular formula is C19H22Br2FN3O2. The van der Waals surface area contributed by atoms with Crippen LogP contribution in [0.1, 0.15) is 26.7 Å². The smallest absolute Gasteiger partial charge is 0.311 e. The van der Waals surface area contributed by atoms with Gasteiger partial charge in [-0.3, -0.25) is 4.79 Å². The van der Waals surface area contributed by atoms with E-state index in [0.717, 1.165) is 36.2 Å². The number of esters is 1. The molecule has 1 saturated heterocycles. The molecule has 1 aliphatic rings. The van der Waals surface area contributed by atoms with Crippen molar-refractivity contribution in [2.45, 2.75) is 26.7 Å². The van der Waals surface area contributed by atoms with Crippen molar-refractivity contribution in [2.24, 2.45) is 5.41 Å². The highest BCUT2D eigenvalue weighted by molar-refractivity contribution is 9.10. The van der Waals surface area contributed by atoms with E-state index in [1.54, 1.807) is 12.3 Å². The number of rotatable bonds is 3. The number of pyridine rings is 2. The van der Waals surface area contributed by atoms with Crippen LogP contribution in [0.2, 0.25) is 0 Å². The van der Waals surface area contributed by atoms with Crippen LogP contribution in [0.25, 0.3) is 0 Å². The van der Waals surface area contributed by atoms with Gasteiger partial charge in [0.2, 0.25) is 5.95 Å². The number of ether oxygens (including phenoxy) is 1. The SMILES string of the molecule is CCOC(=O)C1(C)CCN(c2cc(Br)ccn2)CC1.Fc1cc(Br)ccn1. The zero-order chi connectivity index (χ0) is 19.9. The largest absolute Gasteiger partial charge is 0.466 e. The Morgan fingerprint density at radius 1 is 1.19 bits per heavy atom. The molecule has 0 aliphatic carbocycles. The van der Waals surface area contributed by atoms with Gasteiger partial charge in [-0.25, -0.2) is 9.97 Å². The summed E-state index contributed by atoms with van der Waals surface area (Å²) in [4.78, 5) is 21.9. The summed E-state index contributed by atoms with van der Waals surface area (Å²) in [6, 6.07) is 6.90. The van der Waals surface area contributed by atoms with E-state index in [9.17, 15) is 9.18 Å². The zero-order valence-electron chi connectivity index (χ0n) is 15.3. The summed E-state index contributed by atoms with van der Waals surface area (Å²) in [7, 11) is 0. The van der Waals surface area contributed by atoms with Gasteiger partial charge in [0.1, 0.15) is 5.82 Å². The first-order valence-corrected chi connectivity index (χ1v) is 10.2. The van der Waals surface area contributed by atoms with Gasteiger partial charge in [-0.15, -0.1) is 0 Å². The molecule has 5 nitrogen and oxygen atoms in total. The molecule has 3 heterocycles. The number of carbonyl (C=O) groups excluding carboxylic acids is 1. The van der Waals surface area contributed by atoms with Crippen molar-refractivity contribution < 1.29 is 13.9 Å². The van der Waals surface area contributed by atoms with Crippen LogP contribution in [-0.2, 0) is 9.53 Å². The molecule has 1 aliphatic heterocycles. The minimum atomic E-state index is -0.459. The molecule has 0 spiro atoms. The van der Waals surface area contributed by atoms with E-state index < -0.39 is 5.95 Å². The molecule has 2 aromatic heterocycles. The Kier molecular flexibility index (Phi) is 8.16. The Bertz CT molecular complexity index is 751. The topological polar surface area (TPSA) is 55.3 Å². The van der Waals surface area contributed by atoms with Crippen LogP contribution in [0.3, 0.4) is 0 Å². The van der Waals surface area contributed by atoms with E-state index in [2.05, 4.69) is 46.7 Å². The summed E-state index contributed by atoms with van der Waals surface area (Å²) in [5.41, 5.74) is -0.349. The van der Waals surface area contributed by atoms with Gasteiger partial charge in [-0.2, -0.15) is 4.39 Å². The van der Waals surface area contributed by atoms with Crippen molar-refractivity contribution in [3.05, 3.63) is 51.6 Å². The Labute approximate surface area is 175 Å². The highest BCUT2D eigenvalue weighted by Gasteiger charge is 2.38. The predicted molar refractivity (Wildman–Crippen MR) is 110 cm³/mol. The number of carbonyl (C=O) groups is 1. The average Bonchev–Trinajstić information content (AvgIpc) is 2.63. The van der Waals surface area contributed by atoms with Crippen molar-refractivity contribution in [1.29, 1.82) is 0 Å². The molecule has 0 aromatic carbocycles. The average molecular weight is 503 g/mol.